The lowest BCUT2D eigenvalue weighted by atomic mass is 9.86. The van der Waals surface area contributed by atoms with Crippen LogP contribution in [0.25, 0.3) is 11.3 Å². The van der Waals surface area contributed by atoms with E-state index in [4.69, 9.17) is 13.1 Å². The molecule has 18 heteroatoms. The van der Waals surface area contributed by atoms with Crippen molar-refractivity contribution in [2.45, 2.75) is 29.4 Å². The molecule has 1 saturated heterocycles. The van der Waals surface area contributed by atoms with Crippen molar-refractivity contribution in [3.05, 3.63) is 66.4 Å². The number of anilines is 3. The molecule has 41 heavy (non-hydrogen) atoms. The molecule has 1 aromatic heterocycles. The van der Waals surface area contributed by atoms with Gasteiger partial charge in [-0.25, -0.2) is 9.97 Å². The number of aliphatic hydroxyl groups is 9. The summed E-state index contributed by atoms with van der Waals surface area (Å²) in [6.07, 6.45) is 1.41. The van der Waals surface area contributed by atoms with Crippen LogP contribution in [0.4, 0.5) is 17.3 Å². The molecule has 11 N–H and O–H groups in total. The summed E-state index contributed by atoms with van der Waals surface area (Å²) in [6.45, 7) is 0. The first-order valence-electron chi connectivity index (χ1n) is 11.3. The Kier molecular flexibility index (Phi) is 7.24. The van der Waals surface area contributed by atoms with E-state index >= 15 is 0 Å². The van der Waals surface area contributed by atoms with Crippen molar-refractivity contribution >= 4 is 31.1 Å². The van der Waals surface area contributed by atoms with E-state index in [2.05, 4.69) is 20.0 Å². The van der Waals surface area contributed by atoms with Gasteiger partial charge in [-0.3, -0.25) is 19.7 Å². The Balaban J connectivity index is 1.53. The third-order valence-corrected chi connectivity index (χ3v) is 5.76. The zero-order valence-electron chi connectivity index (χ0n) is 20.5. The van der Waals surface area contributed by atoms with Crippen LogP contribution in [0, 0.1) is 11.3 Å². The number of benzene rings is 2. The zero-order chi connectivity index (χ0) is 30.4. The second-order valence-corrected chi connectivity index (χ2v) is 8.77. The topological polar surface area (TPSA) is 285 Å². The van der Waals surface area contributed by atoms with E-state index in [1.165, 1.54) is 42.6 Å². The average Bonchev–Trinajstić information content (AvgIpc) is 2.88. The number of amides is 1. The van der Waals surface area contributed by atoms with Crippen molar-refractivity contribution < 1.29 is 55.5 Å². The number of hydrogen-bond acceptors (Lipinski definition) is 16. The van der Waals surface area contributed by atoms with E-state index in [1.807, 2.05) is 0 Å². The molecule has 1 unspecified atom stereocenters. The van der Waals surface area contributed by atoms with Gasteiger partial charge in [0.25, 0.3) is 11.8 Å². The molecule has 2 radical (unpaired) electrons. The summed E-state index contributed by atoms with van der Waals surface area (Å²) >= 11 is 0. The molecular weight excluding hydrogens is 547 g/mol. The lowest BCUT2D eigenvalue weighted by Gasteiger charge is -2.57. The van der Waals surface area contributed by atoms with Crippen LogP contribution in [0.3, 0.4) is 0 Å². The molecule has 4 rings (SSSR count). The van der Waals surface area contributed by atoms with E-state index in [1.54, 1.807) is 11.4 Å². The van der Waals surface area contributed by atoms with E-state index in [9.17, 15) is 50.8 Å². The van der Waals surface area contributed by atoms with Gasteiger partial charge in [0.15, 0.2) is 19.6 Å². The van der Waals surface area contributed by atoms with Gasteiger partial charge in [-0.15, -0.1) is 0 Å². The van der Waals surface area contributed by atoms with Crippen molar-refractivity contribution in [2.24, 2.45) is 0 Å². The highest BCUT2D eigenvalue weighted by Gasteiger charge is 2.72. The van der Waals surface area contributed by atoms with E-state index in [0.29, 0.717) is 11.3 Å². The minimum atomic E-state index is -3.97. The Morgan fingerprint density at radius 2 is 1.56 bits per heavy atom. The fourth-order valence-corrected chi connectivity index (χ4v) is 3.69. The molecule has 17 nitrogen and oxygen atoms in total. The molecule has 1 amide bonds. The smallest absolute Gasteiger partial charge is 0.360 e. The van der Waals surface area contributed by atoms with Crippen LogP contribution >= 0.6 is 0 Å². The van der Waals surface area contributed by atoms with Crippen molar-refractivity contribution in [1.82, 2.24) is 15.3 Å². The minimum absolute atomic E-state index is 0.0292. The second kappa shape index (κ2) is 9.98. The normalized spacial score (nSPS) is 21.0. The van der Waals surface area contributed by atoms with Crippen molar-refractivity contribution in [1.29, 1.82) is 5.26 Å². The molecular formula is C23H21BN6O11. The highest BCUT2D eigenvalue weighted by molar-refractivity contribution is 6.14. The van der Waals surface area contributed by atoms with Crippen molar-refractivity contribution in [3.63, 3.8) is 0 Å². The molecule has 0 spiro atoms. The zero-order valence-corrected chi connectivity index (χ0v) is 20.5. The van der Waals surface area contributed by atoms with E-state index in [-0.39, 0.29) is 22.1 Å². The number of ether oxygens (including phenoxy) is 1. The van der Waals surface area contributed by atoms with Gasteiger partial charge in [0, 0.05) is 28.7 Å². The van der Waals surface area contributed by atoms with Crippen LogP contribution in [0.15, 0.2) is 60.8 Å². The number of nitrogens with zero attached hydrogens (tertiary/aromatic N) is 4. The molecule has 0 saturated carbocycles. The third kappa shape index (κ3) is 5.54. The number of nitrogens with one attached hydrogen (secondary N) is 2. The maximum absolute atomic E-state index is 12.1. The quantitative estimate of drug-likeness (QED) is 0.0776. The SMILES string of the molecule is [B]C1(O)OC(O)(O)C(O)(O)N(c2ccc(Nc3nccc(-c4ccc(C(=O)NC(O)(O)C#N)cc4)n3)cc2)C1(O)O. The Hall–Kier alpha value is -4.26. The summed E-state index contributed by atoms with van der Waals surface area (Å²) in [5, 5.41) is 102. The van der Waals surface area contributed by atoms with Gasteiger partial charge >= 0.3 is 17.8 Å². The summed E-state index contributed by atoms with van der Waals surface area (Å²) < 4.78 is 4.06. The highest BCUT2D eigenvalue weighted by Crippen LogP contribution is 2.44. The van der Waals surface area contributed by atoms with Crippen LogP contribution in [-0.2, 0) is 4.74 Å². The van der Waals surface area contributed by atoms with Crippen molar-refractivity contribution in [2.75, 3.05) is 10.2 Å². The summed E-state index contributed by atoms with van der Waals surface area (Å²) in [4.78, 5) is 20.3. The van der Waals surface area contributed by atoms with Gasteiger partial charge in [0.05, 0.1) is 5.69 Å². The maximum atomic E-state index is 12.1. The van der Waals surface area contributed by atoms with Gasteiger partial charge < -0.3 is 51.3 Å². The minimum Gasteiger partial charge on any atom is -0.368 e. The molecule has 1 aliphatic rings. The Morgan fingerprint density at radius 3 is 2.15 bits per heavy atom. The number of carbonyl (C=O) groups is 1. The predicted octanol–water partition coefficient (Wildman–Crippen LogP) is -3.65. The molecule has 2 heterocycles. The maximum Gasteiger partial charge on any atom is 0.360 e. The predicted molar refractivity (Wildman–Crippen MR) is 133 cm³/mol. The lowest BCUT2D eigenvalue weighted by Crippen LogP contribution is -2.85. The number of morpholine rings is 1. The summed E-state index contributed by atoms with van der Waals surface area (Å²) in [6, 6.07) is 13.1. The Morgan fingerprint density at radius 1 is 0.951 bits per heavy atom. The second-order valence-electron chi connectivity index (χ2n) is 8.77. The van der Waals surface area contributed by atoms with Crippen LogP contribution in [0.1, 0.15) is 10.4 Å². The first-order chi connectivity index (χ1) is 18.9. The summed E-state index contributed by atoms with van der Waals surface area (Å²) in [5.41, 5.74) is -2.83. The third-order valence-electron chi connectivity index (χ3n) is 5.76. The molecule has 3 aromatic rings. The fraction of sp³-hybridized carbons (Fsp3) is 0.217. The number of carbonyl (C=O) groups excluding carboxylic acids is 1. The number of aromatic nitrogens is 2. The number of rotatable bonds is 6. The number of nitriles is 1. The van der Waals surface area contributed by atoms with Crippen LogP contribution in [0.5, 0.6) is 0 Å². The monoisotopic (exact) mass is 568 g/mol. The lowest BCUT2D eigenvalue weighted by molar-refractivity contribution is -0.550. The van der Waals surface area contributed by atoms with E-state index < -0.39 is 41.0 Å². The van der Waals surface area contributed by atoms with Gasteiger partial charge in [0.1, 0.15) is 0 Å². The van der Waals surface area contributed by atoms with Gasteiger partial charge in [0.2, 0.25) is 5.95 Å². The van der Waals surface area contributed by atoms with Crippen LogP contribution in [0.2, 0.25) is 0 Å². The van der Waals surface area contributed by atoms with Crippen LogP contribution in [-0.4, -0.2) is 99.1 Å². The Bertz CT molecular complexity index is 1470. The van der Waals surface area contributed by atoms with Gasteiger partial charge in [-0.2, -0.15) is 5.26 Å². The van der Waals surface area contributed by atoms with E-state index in [0.717, 1.165) is 18.2 Å². The molecule has 212 valence electrons. The van der Waals surface area contributed by atoms with Crippen molar-refractivity contribution in [3.8, 4) is 17.3 Å². The largest absolute Gasteiger partial charge is 0.368 e. The first kappa shape index (κ1) is 29.7. The average molecular weight is 568 g/mol. The molecule has 1 fully saturated rings. The summed E-state index contributed by atoms with van der Waals surface area (Å²) in [5.74, 6) is -15.5. The first-order valence-corrected chi connectivity index (χ1v) is 11.3. The summed E-state index contributed by atoms with van der Waals surface area (Å²) in [7, 11) is 5.20. The van der Waals surface area contributed by atoms with Gasteiger partial charge in [-0.1, -0.05) is 12.1 Å². The fourth-order valence-electron chi connectivity index (χ4n) is 3.69. The molecule has 1 aliphatic heterocycles. The Labute approximate surface area is 230 Å². The molecule has 1 atom stereocenters. The van der Waals surface area contributed by atoms with Crippen LogP contribution < -0.4 is 15.5 Å². The standard InChI is InChI=1S/C23H21BN6O11/c24-20(34)21(35,36)30(22(37,38)23(39,40)41-20)15-7-5-14(6-8-15)27-18-26-10-9-16(28-18)12-1-3-13(4-2-12)17(31)29-19(32,33)11-25/h1-10,32-40H,(H,29,31)(H,26,27,28). The molecule has 2 aromatic carbocycles. The molecule has 0 bridgehead atoms. The molecule has 0 aliphatic carbocycles. The number of hydrogen-bond donors (Lipinski definition) is 11. The highest BCUT2D eigenvalue weighted by atomic mass is 16.9. The van der Waals surface area contributed by atoms with Gasteiger partial charge in [-0.05, 0) is 42.5 Å².